The average molecular weight is 316 g/mol. The molecule has 0 aliphatic heterocycles. The van der Waals surface area contributed by atoms with E-state index in [0.29, 0.717) is 0 Å². The predicted molar refractivity (Wildman–Crippen MR) is 73.3 cm³/mol. The van der Waals surface area contributed by atoms with Gasteiger partial charge in [0.05, 0.1) is 0 Å². The Balaban J connectivity index is 2.57. The normalized spacial score (nSPS) is 12.4. The summed E-state index contributed by atoms with van der Waals surface area (Å²) in [5, 5.41) is 0. The third kappa shape index (κ3) is 4.32. The van der Waals surface area contributed by atoms with Crippen molar-refractivity contribution in [3.8, 4) is 0 Å². The van der Waals surface area contributed by atoms with Crippen LogP contribution in [0.25, 0.3) is 0 Å². The third-order valence-electron chi connectivity index (χ3n) is 2.37. The van der Waals surface area contributed by atoms with Crippen LogP contribution in [0.2, 0.25) is 0 Å². The van der Waals surface area contributed by atoms with Gasteiger partial charge in [-0.15, -0.1) is 6.58 Å². The molecular weight excluding hydrogens is 299 g/mol. The van der Waals surface area contributed by atoms with Crippen molar-refractivity contribution in [2.24, 2.45) is 5.84 Å². The van der Waals surface area contributed by atoms with Crippen LogP contribution in [0, 0.1) is 3.57 Å². The van der Waals surface area contributed by atoms with E-state index in [1.807, 2.05) is 6.08 Å². The standard InChI is InChI=1S/C12H17IN2/c1-2-3-4-5-12(15-14)10-6-8-11(13)9-7-10/h2,6-9,12,15H,1,3-5,14H2. The van der Waals surface area contributed by atoms with E-state index in [-0.39, 0.29) is 6.04 Å². The zero-order valence-corrected chi connectivity index (χ0v) is 10.9. The molecular formula is C12H17IN2. The highest BCUT2D eigenvalue weighted by molar-refractivity contribution is 14.1. The fraction of sp³-hybridized carbons (Fsp3) is 0.333. The first-order chi connectivity index (χ1) is 7.27. The molecule has 3 N–H and O–H groups in total. The van der Waals surface area contributed by atoms with E-state index < -0.39 is 0 Å². The second-order valence-corrected chi connectivity index (χ2v) is 4.74. The summed E-state index contributed by atoms with van der Waals surface area (Å²) in [5.74, 6) is 5.55. The van der Waals surface area contributed by atoms with Crippen molar-refractivity contribution < 1.29 is 0 Å². The lowest BCUT2D eigenvalue weighted by Gasteiger charge is -2.15. The van der Waals surface area contributed by atoms with Crippen LogP contribution in [0.4, 0.5) is 0 Å². The molecule has 1 rings (SSSR count). The summed E-state index contributed by atoms with van der Waals surface area (Å²) >= 11 is 2.30. The van der Waals surface area contributed by atoms with Crippen LogP contribution in [0.5, 0.6) is 0 Å². The fourth-order valence-corrected chi connectivity index (χ4v) is 1.87. The molecule has 0 fully saturated rings. The molecule has 0 saturated carbocycles. The largest absolute Gasteiger partial charge is 0.271 e. The molecule has 0 spiro atoms. The van der Waals surface area contributed by atoms with E-state index in [1.54, 1.807) is 0 Å². The Morgan fingerprint density at radius 2 is 2.07 bits per heavy atom. The molecule has 82 valence electrons. The van der Waals surface area contributed by atoms with Gasteiger partial charge in [0, 0.05) is 9.61 Å². The van der Waals surface area contributed by atoms with Gasteiger partial charge in [-0.05, 0) is 59.5 Å². The zero-order valence-electron chi connectivity index (χ0n) is 8.75. The Hall–Kier alpha value is -0.390. The van der Waals surface area contributed by atoms with E-state index in [9.17, 15) is 0 Å². The SMILES string of the molecule is C=CCCCC(NN)c1ccc(I)cc1. The number of hydrogen-bond donors (Lipinski definition) is 2. The van der Waals surface area contributed by atoms with E-state index in [1.165, 1.54) is 9.13 Å². The van der Waals surface area contributed by atoms with Crippen LogP contribution in [-0.2, 0) is 0 Å². The Morgan fingerprint density at radius 3 is 2.60 bits per heavy atom. The summed E-state index contributed by atoms with van der Waals surface area (Å²) in [4.78, 5) is 0. The summed E-state index contributed by atoms with van der Waals surface area (Å²) in [6, 6.07) is 8.71. The van der Waals surface area contributed by atoms with Gasteiger partial charge in [-0.2, -0.15) is 0 Å². The maximum Gasteiger partial charge on any atom is 0.0460 e. The van der Waals surface area contributed by atoms with Crippen LogP contribution >= 0.6 is 22.6 Å². The molecule has 2 nitrogen and oxygen atoms in total. The van der Waals surface area contributed by atoms with E-state index in [2.05, 4.69) is 58.9 Å². The smallest absolute Gasteiger partial charge is 0.0460 e. The molecule has 0 radical (unpaired) electrons. The molecule has 1 unspecified atom stereocenters. The van der Waals surface area contributed by atoms with Crippen molar-refractivity contribution in [3.63, 3.8) is 0 Å². The van der Waals surface area contributed by atoms with E-state index in [4.69, 9.17) is 5.84 Å². The third-order valence-corrected chi connectivity index (χ3v) is 3.09. The number of benzene rings is 1. The highest BCUT2D eigenvalue weighted by Crippen LogP contribution is 2.19. The number of hydrazine groups is 1. The lowest BCUT2D eigenvalue weighted by molar-refractivity contribution is 0.501. The van der Waals surface area contributed by atoms with Crippen molar-refractivity contribution in [1.29, 1.82) is 0 Å². The van der Waals surface area contributed by atoms with Crippen LogP contribution in [0.1, 0.15) is 30.9 Å². The monoisotopic (exact) mass is 316 g/mol. The number of halogens is 1. The Bertz CT molecular complexity index is 295. The van der Waals surface area contributed by atoms with Crippen LogP contribution in [-0.4, -0.2) is 0 Å². The Morgan fingerprint density at radius 1 is 1.40 bits per heavy atom. The molecule has 0 aromatic heterocycles. The van der Waals surface area contributed by atoms with Gasteiger partial charge < -0.3 is 0 Å². The fourth-order valence-electron chi connectivity index (χ4n) is 1.51. The zero-order chi connectivity index (χ0) is 11.1. The summed E-state index contributed by atoms with van der Waals surface area (Å²) < 4.78 is 1.25. The predicted octanol–water partition coefficient (Wildman–Crippen LogP) is 3.15. The van der Waals surface area contributed by atoms with Gasteiger partial charge in [0.2, 0.25) is 0 Å². The minimum Gasteiger partial charge on any atom is -0.271 e. The van der Waals surface area contributed by atoms with Crippen molar-refractivity contribution in [1.82, 2.24) is 5.43 Å². The second-order valence-electron chi connectivity index (χ2n) is 3.49. The number of unbranched alkanes of at least 4 members (excludes halogenated alkanes) is 1. The highest BCUT2D eigenvalue weighted by Gasteiger charge is 2.07. The number of nitrogens with two attached hydrogens (primary N) is 1. The lowest BCUT2D eigenvalue weighted by Crippen LogP contribution is -2.27. The number of rotatable bonds is 6. The highest BCUT2D eigenvalue weighted by atomic mass is 127. The molecule has 1 aromatic rings. The Kier molecular flexibility index (Phi) is 5.90. The van der Waals surface area contributed by atoms with Crippen molar-refractivity contribution in [2.75, 3.05) is 0 Å². The molecule has 0 bridgehead atoms. The molecule has 1 aromatic carbocycles. The lowest BCUT2D eigenvalue weighted by atomic mass is 10.0. The van der Waals surface area contributed by atoms with E-state index in [0.717, 1.165) is 19.3 Å². The van der Waals surface area contributed by atoms with Gasteiger partial charge in [-0.1, -0.05) is 18.2 Å². The first-order valence-corrected chi connectivity index (χ1v) is 6.18. The van der Waals surface area contributed by atoms with E-state index >= 15 is 0 Å². The quantitative estimate of drug-likeness (QED) is 0.278. The van der Waals surface area contributed by atoms with Crippen molar-refractivity contribution >= 4 is 22.6 Å². The average Bonchev–Trinajstić information content (AvgIpc) is 2.26. The van der Waals surface area contributed by atoms with Crippen LogP contribution in [0.15, 0.2) is 36.9 Å². The summed E-state index contributed by atoms with van der Waals surface area (Å²) in [6.45, 7) is 3.72. The number of allylic oxidation sites excluding steroid dienone is 1. The minimum atomic E-state index is 0.252. The summed E-state index contributed by atoms with van der Waals surface area (Å²) in [5.41, 5.74) is 4.11. The molecule has 0 aliphatic carbocycles. The topological polar surface area (TPSA) is 38.0 Å². The molecule has 0 aliphatic rings. The molecule has 0 heterocycles. The number of hydrogen-bond acceptors (Lipinski definition) is 2. The first kappa shape index (κ1) is 12.7. The molecule has 0 saturated heterocycles. The maximum absolute atomic E-state index is 5.55. The van der Waals surface area contributed by atoms with Crippen LogP contribution in [0.3, 0.4) is 0 Å². The van der Waals surface area contributed by atoms with Gasteiger partial charge >= 0.3 is 0 Å². The molecule has 1 atom stereocenters. The Labute approximate surface area is 105 Å². The second kappa shape index (κ2) is 6.98. The van der Waals surface area contributed by atoms with Crippen molar-refractivity contribution in [2.45, 2.75) is 25.3 Å². The summed E-state index contributed by atoms with van der Waals surface area (Å²) in [6.07, 6.45) is 5.15. The summed E-state index contributed by atoms with van der Waals surface area (Å²) in [7, 11) is 0. The van der Waals surface area contributed by atoms with Gasteiger partial charge in [0.1, 0.15) is 0 Å². The molecule has 0 amide bonds. The maximum atomic E-state index is 5.55. The minimum absolute atomic E-state index is 0.252. The molecule has 3 heteroatoms. The van der Waals surface area contributed by atoms with Gasteiger partial charge in [0.25, 0.3) is 0 Å². The number of nitrogens with one attached hydrogen (secondary N) is 1. The first-order valence-electron chi connectivity index (χ1n) is 5.10. The molecule has 15 heavy (non-hydrogen) atoms. The van der Waals surface area contributed by atoms with Gasteiger partial charge in [0.15, 0.2) is 0 Å². The van der Waals surface area contributed by atoms with Gasteiger partial charge in [-0.25, -0.2) is 0 Å². The van der Waals surface area contributed by atoms with Crippen molar-refractivity contribution in [3.05, 3.63) is 46.1 Å². The van der Waals surface area contributed by atoms with Gasteiger partial charge in [-0.3, -0.25) is 11.3 Å². The van der Waals surface area contributed by atoms with Crippen LogP contribution < -0.4 is 11.3 Å².